The zero-order valence-electron chi connectivity index (χ0n) is 17.8. The van der Waals surface area contributed by atoms with Crippen molar-refractivity contribution < 1.29 is 9.59 Å². The average Bonchev–Trinajstić information content (AvgIpc) is 3.47. The molecule has 2 aromatic carbocycles. The van der Waals surface area contributed by atoms with Gasteiger partial charge in [-0.25, -0.2) is 4.79 Å². The van der Waals surface area contributed by atoms with Crippen LogP contribution in [0.4, 0.5) is 4.79 Å². The number of imide groups is 1. The molecule has 1 heterocycles. The van der Waals surface area contributed by atoms with Gasteiger partial charge in [-0.3, -0.25) is 14.7 Å². The second-order valence-corrected chi connectivity index (χ2v) is 9.08. The summed E-state index contributed by atoms with van der Waals surface area (Å²) in [7, 11) is 0. The minimum Gasteiger partial charge on any atom is -0.335 e. The number of amides is 3. The van der Waals surface area contributed by atoms with E-state index >= 15 is 0 Å². The second-order valence-electron chi connectivity index (χ2n) is 7.77. The summed E-state index contributed by atoms with van der Waals surface area (Å²) < 4.78 is 1.96. The highest BCUT2D eigenvalue weighted by Gasteiger charge is 2.26. The van der Waals surface area contributed by atoms with Crippen molar-refractivity contribution in [2.75, 3.05) is 0 Å². The van der Waals surface area contributed by atoms with E-state index < -0.39 is 11.3 Å². The number of carbonyl (C=O) groups excluding carboxylic acids is 2. The molecule has 1 saturated carbocycles. The van der Waals surface area contributed by atoms with Crippen LogP contribution < -0.4 is 10.6 Å². The summed E-state index contributed by atoms with van der Waals surface area (Å²) in [6.45, 7) is 5.89. The Balaban J connectivity index is 1.62. The van der Waals surface area contributed by atoms with E-state index in [0.717, 1.165) is 29.7 Å². The predicted molar refractivity (Wildman–Crippen MR) is 121 cm³/mol. The molecule has 160 valence electrons. The molecule has 1 unspecified atom stereocenters. The summed E-state index contributed by atoms with van der Waals surface area (Å²) >= 11 is 1.27. The van der Waals surface area contributed by atoms with Gasteiger partial charge in [-0.2, -0.15) is 0 Å². The van der Waals surface area contributed by atoms with Crippen molar-refractivity contribution in [3.63, 3.8) is 0 Å². The molecule has 1 fully saturated rings. The quantitative estimate of drug-likeness (QED) is 0.571. The molecule has 31 heavy (non-hydrogen) atoms. The summed E-state index contributed by atoms with van der Waals surface area (Å²) in [6.07, 6.45) is 1.93. The minimum atomic E-state index is -0.525. The highest BCUT2D eigenvalue weighted by molar-refractivity contribution is 8.00. The molecule has 2 N–H and O–H groups in total. The lowest BCUT2D eigenvalue weighted by molar-refractivity contribution is -0.119. The van der Waals surface area contributed by atoms with Crippen molar-refractivity contribution in [3.05, 3.63) is 59.7 Å². The van der Waals surface area contributed by atoms with Gasteiger partial charge in [0.15, 0.2) is 11.0 Å². The summed E-state index contributed by atoms with van der Waals surface area (Å²) in [6, 6.07) is 15.7. The zero-order valence-corrected chi connectivity index (χ0v) is 18.6. The minimum absolute atomic E-state index is 0.192. The molecule has 0 aliphatic heterocycles. The lowest BCUT2D eigenvalue weighted by Gasteiger charge is -2.15. The van der Waals surface area contributed by atoms with Gasteiger partial charge in [-0.15, -0.1) is 10.2 Å². The number of hydrogen-bond acceptors (Lipinski definition) is 5. The summed E-state index contributed by atoms with van der Waals surface area (Å²) in [5.74, 6) is 0.337. The second kappa shape index (κ2) is 8.93. The van der Waals surface area contributed by atoms with Gasteiger partial charge in [0.2, 0.25) is 5.91 Å². The van der Waals surface area contributed by atoms with Crippen molar-refractivity contribution in [1.29, 1.82) is 0 Å². The smallest absolute Gasteiger partial charge is 0.321 e. The molecule has 0 saturated heterocycles. The molecule has 3 amide bonds. The molecule has 1 aliphatic carbocycles. The molecule has 7 nitrogen and oxygen atoms in total. The number of hydrogen-bond donors (Lipinski definition) is 2. The van der Waals surface area contributed by atoms with Crippen LogP contribution in [0.2, 0.25) is 0 Å². The molecule has 8 heteroatoms. The van der Waals surface area contributed by atoms with E-state index in [4.69, 9.17) is 0 Å². The summed E-state index contributed by atoms with van der Waals surface area (Å²) in [5.41, 5.74) is 4.21. The Kier molecular flexibility index (Phi) is 6.08. The Morgan fingerprint density at radius 2 is 1.81 bits per heavy atom. The summed E-state index contributed by atoms with van der Waals surface area (Å²) in [4.78, 5) is 24.5. The van der Waals surface area contributed by atoms with Crippen LogP contribution in [-0.4, -0.2) is 38.0 Å². The molecule has 0 bridgehead atoms. The number of nitrogens with one attached hydrogen (secondary N) is 2. The van der Waals surface area contributed by atoms with Gasteiger partial charge in [-0.05, 0) is 56.9 Å². The Bertz CT molecular complexity index is 1110. The highest BCUT2D eigenvalue weighted by Crippen LogP contribution is 2.31. The van der Waals surface area contributed by atoms with Gasteiger partial charge < -0.3 is 5.32 Å². The Hall–Kier alpha value is -3.13. The molecule has 1 aromatic heterocycles. The maximum absolute atomic E-state index is 12.5. The number of urea groups is 1. The van der Waals surface area contributed by atoms with Gasteiger partial charge in [0.1, 0.15) is 0 Å². The molecule has 0 spiro atoms. The average molecular weight is 436 g/mol. The number of carbonyl (C=O) groups is 2. The molecule has 3 aromatic rings. The van der Waals surface area contributed by atoms with Crippen LogP contribution in [0.25, 0.3) is 17.1 Å². The zero-order chi connectivity index (χ0) is 22.0. The van der Waals surface area contributed by atoms with Crippen molar-refractivity contribution in [1.82, 2.24) is 25.4 Å². The Labute approximate surface area is 185 Å². The first kappa shape index (κ1) is 21.1. The SMILES string of the molecule is Cc1ccc(-n2c(SC(C)C(=O)NC(=O)NC3CC3)nnc2-c2ccccc2)cc1C. The van der Waals surface area contributed by atoms with Crippen molar-refractivity contribution in [2.45, 2.75) is 50.1 Å². The number of nitrogens with zero attached hydrogens (tertiary/aromatic N) is 3. The fourth-order valence-corrected chi connectivity index (χ4v) is 3.96. The van der Waals surface area contributed by atoms with Crippen LogP contribution in [0.15, 0.2) is 53.7 Å². The van der Waals surface area contributed by atoms with Crippen molar-refractivity contribution in [2.24, 2.45) is 0 Å². The Morgan fingerprint density at radius 3 is 2.48 bits per heavy atom. The number of rotatable bonds is 6. The first-order valence-corrected chi connectivity index (χ1v) is 11.2. The molecule has 1 aliphatic rings. The molecular weight excluding hydrogens is 410 g/mol. The van der Waals surface area contributed by atoms with Gasteiger partial charge in [0.25, 0.3) is 0 Å². The van der Waals surface area contributed by atoms with Crippen LogP contribution in [0.5, 0.6) is 0 Å². The first-order valence-electron chi connectivity index (χ1n) is 10.3. The standard InChI is InChI=1S/C23H25N5O2S/c1-14-9-12-19(13-15(14)2)28-20(17-7-5-4-6-8-17)26-27-23(28)31-16(3)21(29)25-22(30)24-18-10-11-18/h4-9,12-13,16,18H,10-11H2,1-3H3,(H2,24,25,29,30). The third-order valence-corrected chi connectivity index (χ3v) is 6.26. The Morgan fingerprint density at radius 1 is 1.06 bits per heavy atom. The van der Waals surface area contributed by atoms with Gasteiger partial charge in [0.05, 0.1) is 10.9 Å². The lowest BCUT2D eigenvalue weighted by atomic mass is 10.1. The highest BCUT2D eigenvalue weighted by atomic mass is 32.2. The normalized spacial score (nSPS) is 14.2. The van der Waals surface area contributed by atoms with E-state index in [0.29, 0.717) is 11.0 Å². The van der Waals surface area contributed by atoms with Gasteiger partial charge in [-0.1, -0.05) is 48.2 Å². The van der Waals surface area contributed by atoms with E-state index in [9.17, 15) is 9.59 Å². The van der Waals surface area contributed by atoms with Crippen molar-refractivity contribution >= 4 is 23.7 Å². The maximum atomic E-state index is 12.5. The van der Waals surface area contributed by atoms with Crippen molar-refractivity contribution in [3.8, 4) is 17.1 Å². The third kappa shape index (κ3) is 4.96. The predicted octanol–water partition coefficient (Wildman–Crippen LogP) is 4.02. The van der Waals surface area contributed by atoms with Crippen LogP contribution in [-0.2, 0) is 4.79 Å². The van der Waals surface area contributed by atoms with Gasteiger partial charge in [0, 0.05) is 11.6 Å². The number of thioether (sulfide) groups is 1. The van der Waals surface area contributed by atoms with E-state index in [1.165, 1.54) is 17.3 Å². The largest absolute Gasteiger partial charge is 0.335 e. The number of aromatic nitrogens is 3. The number of benzene rings is 2. The first-order chi connectivity index (χ1) is 14.9. The van der Waals surface area contributed by atoms with Crippen LogP contribution in [0.3, 0.4) is 0 Å². The van der Waals surface area contributed by atoms with Crippen LogP contribution in [0, 0.1) is 13.8 Å². The van der Waals surface area contributed by atoms with Crippen LogP contribution >= 0.6 is 11.8 Å². The monoisotopic (exact) mass is 435 g/mol. The fourth-order valence-electron chi connectivity index (χ4n) is 3.09. The van der Waals surface area contributed by atoms with E-state index in [1.807, 2.05) is 41.0 Å². The van der Waals surface area contributed by atoms with E-state index in [2.05, 4.69) is 46.8 Å². The maximum Gasteiger partial charge on any atom is 0.321 e. The van der Waals surface area contributed by atoms with E-state index in [1.54, 1.807) is 6.92 Å². The lowest BCUT2D eigenvalue weighted by Crippen LogP contribution is -2.43. The van der Waals surface area contributed by atoms with Gasteiger partial charge >= 0.3 is 6.03 Å². The topological polar surface area (TPSA) is 88.9 Å². The molecule has 0 radical (unpaired) electrons. The molecular formula is C23H25N5O2S. The van der Waals surface area contributed by atoms with Crippen LogP contribution in [0.1, 0.15) is 30.9 Å². The third-order valence-electron chi connectivity index (χ3n) is 5.21. The molecule has 1 atom stereocenters. The number of aryl methyl sites for hydroxylation is 2. The fraction of sp³-hybridized carbons (Fsp3) is 0.304. The van der Waals surface area contributed by atoms with E-state index in [-0.39, 0.29) is 11.9 Å². The molecule has 4 rings (SSSR count). The summed E-state index contributed by atoms with van der Waals surface area (Å²) in [5, 5.41) is 14.0.